The second-order valence-electron chi connectivity index (χ2n) is 8.33. The maximum absolute atomic E-state index is 13.5. The molecule has 0 atom stereocenters. The molecule has 154 valence electrons. The Kier molecular flexibility index (Phi) is 5.07. The van der Waals surface area contributed by atoms with Crippen LogP contribution in [0, 0.1) is 0 Å². The highest BCUT2D eigenvalue weighted by molar-refractivity contribution is 6.30. The van der Waals surface area contributed by atoms with Gasteiger partial charge in [0, 0.05) is 29.6 Å². The van der Waals surface area contributed by atoms with Crippen LogP contribution in [0.5, 0.6) is 0 Å². The molecule has 1 saturated heterocycles. The van der Waals surface area contributed by atoms with E-state index in [0.717, 1.165) is 56.3 Å². The second kappa shape index (κ2) is 7.88. The topological polar surface area (TPSA) is 59.2 Å². The molecule has 1 aliphatic carbocycles. The van der Waals surface area contributed by atoms with Gasteiger partial charge in [0.1, 0.15) is 0 Å². The van der Waals surface area contributed by atoms with E-state index in [4.69, 9.17) is 16.1 Å². The average molecular weight is 422 g/mol. The molecular weight excluding hydrogens is 398 g/mol. The summed E-state index contributed by atoms with van der Waals surface area (Å²) < 4.78 is 5.56. The lowest BCUT2D eigenvalue weighted by Gasteiger charge is -2.45. The number of nitrogens with zero attached hydrogens (tertiary/aromatic N) is 3. The third-order valence-electron chi connectivity index (χ3n) is 6.62. The Balaban J connectivity index is 1.26. The number of aromatic nitrogens is 2. The molecule has 0 bridgehead atoms. The normalized spacial score (nSPS) is 18.8. The van der Waals surface area contributed by atoms with E-state index in [2.05, 4.69) is 10.1 Å². The van der Waals surface area contributed by atoms with E-state index < -0.39 is 0 Å². The predicted octanol–water partition coefficient (Wildman–Crippen LogP) is 5.22. The smallest absolute Gasteiger partial charge is 0.233 e. The van der Waals surface area contributed by atoms with Crippen molar-refractivity contribution in [3.05, 3.63) is 71.1 Å². The van der Waals surface area contributed by atoms with Gasteiger partial charge in [0.25, 0.3) is 0 Å². The van der Waals surface area contributed by atoms with Crippen molar-refractivity contribution >= 4 is 17.5 Å². The van der Waals surface area contributed by atoms with Crippen molar-refractivity contribution in [2.75, 3.05) is 13.1 Å². The van der Waals surface area contributed by atoms with Crippen molar-refractivity contribution in [2.45, 2.75) is 43.4 Å². The summed E-state index contributed by atoms with van der Waals surface area (Å²) in [5.74, 6) is 1.76. The van der Waals surface area contributed by atoms with E-state index in [9.17, 15) is 4.79 Å². The molecule has 0 N–H and O–H groups in total. The van der Waals surface area contributed by atoms with Gasteiger partial charge in [-0.3, -0.25) is 4.79 Å². The first-order valence-electron chi connectivity index (χ1n) is 10.6. The van der Waals surface area contributed by atoms with E-state index in [1.54, 1.807) is 0 Å². The van der Waals surface area contributed by atoms with E-state index in [-0.39, 0.29) is 17.2 Å². The minimum Gasteiger partial charge on any atom is -0.342 e. The van der Waals surface area contributed by atoms with Crippen molar-refractivity contribution in [3.8, 4) is 11.4 Å². The Morgan fingerprint density at radius 1 is 1.03 bits per heavy atom. The zero-order valence-electron chi connectivity index (χ0n) is 16.8. The fraction of sp³-hybridized carbons (Fsp3) is 0.375. The first-order chi connectivity index (χ1) is 14.7. The molecule has 2 aromatic carbocycles. The number of piperidine rings is 1. The quantitative estimate of drug-likeness (QED) is 0.579. The summed E-state index contributed by atoms with van der Waals surface area (Å²) >= 11 is 6.05. The minimum atomic E-state index is -0.373. The van der Waals surface area contributed by atoms with E-state index in [0.29, 0.717) is 16.7 Å². The zero-order chi connectivity index (χ0) is 20.6. The number of carbonyl (C=O) groups is 1. The number of benzene rings is 2. The molecule has 1 saturated carbocycles. The summed E-state index contributed by atoms with van der Waals surface area (Å²) in [6.45, 7) is 1.45. The van der Waals surface area contributed by atoms with Crippen molar-refractivity contribution in [3.63, 3.8) is 0 Å². The lowest BCUT2D eigenvalue weighted by Crippen LogP contribution is -2.52. The van der Waals surface area contributed by atoms with Gasteiger partial charge in [-0.25, -0.2) is 0 Å². The summed E-state index contributed by atoms with van der Waals surface area (Å²) in [6, 6.07) is 17.6. The Labute approximate surface area is 181 Å². The van der Waals surface area contributed by atoms with Crippen LogP contribution < -0.4 is 0 Å². The van der Waals surface area contributed by atoms with Gasteiger partial charge in [-0.2, -0.15) is 4.98 Å². The molecule has 0 unspecified atom stereocenters. The Morgan fingerprint density at radius 2 is 1.73 bits per heavy atom. The fourth-order valence-corrected chi connectivity index (χ4v) is 4.79. The first-order valence-corrected chi connectivity index (χ1v) is 11.0. The molecular formula is C24H24ClN3O2. The van der Waals surface area contributed by atoms with Crippen LogP contribution in [-0.4, -0.2) is 34.0 Å². The van der Waals surface area contributed by atoms with Gasteiger partial charge in [0.15, 0.2) is 0 Å². The van der Waals surface area contributed by atoms with Crippen molar-refractivity contribution in [1.29, 1.82) is 0 Å². The number of likely N-dealkylation sites (tertiary alicyclic amines) is 1. The number of hydrogen-bond acceptors (Lipinski definition) is 4. The molecule has 5 rings (SSSR count). The van der Waals surface area contributed by atoms with Crippen molar-refractivity contribution in [1.82, 2.24) is 15.0 Å². The van der Waals surface area contributed by atoms with E-state index >= 15 is 0 Å². The van der Waals surface area contributed by atoms with Gasteiger partial charge in [0.2, 0.25) is 17.6 Å². The number of amides is 1. The Hall–Kier alpha value is -2.66. The highest BCUT2D eigenvalue weighted by atomic mass is 35.5. The van der Waals surface area contributed by atoms with Crippen LogP contribution in [-0.2, 0) is 10.2 Å². The average Bonchev–Trinajstić information content (AvgIpc) is 3.25. The summed E-state index contributed by atoms with van der Waals surface area (Å²) in [5, 5.41) is 4.85. The van der Waals surface area contributed by atoms with Crippen LogP contribution in [0.4, 0.5) is 0 Å². The van der Waals surface area contributed by atoms with Gasteiger partial charge in [0.05, 0.1) is 5.41 Å². The summed E-state index contributed by atoms with van der Waals surface area (Å²) in [4.78, 5) is 20.1. The van der Waals surface area contributed by atoms with Crippen LogP contribution in [0.15, 0.2) is 59.1 Å². The van der Waals surface area contributed by atoms with Gasteiger partial charge in [-0.1, -0.05) is 65.6 Å². The molecule has 30 heavy (non-hydrogen) atoms. The number of hydrogen-bond donors (Lipinski definition) is 0. The maximum Gasteiger partial charge on any atom is 0.233 e. The number of rotatable bonds is 4. The molecule has 5 nitrogen and oxygen atoms in total. The first kappa shape index (κ1) is 19.3. The Morgan fingerprint density at radius 3 is 2.37 bits per heavy atom. The summed E-state index contributed by atoms with van der Waals surface area (Å²) in [5.41, 5.74) is 1.67. The molecule has 2 heterocycles. The molecule has 2 aliphatic rings. The van der Waals surface area contributed by atoms with Crippen LogP contribution in [0.25, 0.3) is 11.4 Å². The molecule has 1 aliphatic heterocycles. The molecule has 0 radical (unpaired) electrons. The van der Waals surface area contributed by atoms with Crippen molar-refractivity contribution < 1.29 is 9.32 Å². The number of carbonyl (C=O) groups excluding carboxylic acids is 1. The zero-order valence-corrected chi connectivity index (χ0v) is 17.5. The van der Waals surface area contributed by atoms with Crippen LogP contribution >= 0.6 is 11.6 Å². The lowest BCUT2D eigenvalue weighted by molar-refractivity contribution is -0.142. The minimum absolute atomic E-state index is 0.201. The van der Waals surface area contributed by atoms with Crippen LogP contribution in [0.1, 0.15) is 49.5 Å². The van der Waals surface area contributed by atoms with Gasteiger partial charge in [-0.05, 0) is 43.4 Å². The molecule has 1 amide bonds. The van der Waals surface area contributed by atoms with Gasteiger partial charge >= 0.3 is 0 Å². The second-order valence-corrected chi connectivity index (χ2v) is 8.77. The fourth-order valence-electron chi connectivity index (χ4n) is 4.66. The van der Waals surface area contributed by atoms with Crippen molar-refractivity contribution in [2.24, 2.45) is 0 Å². The van der Waals surface area contributed by atoms with Gasteiger partial charge in [-0.15, -0.1) is 0 Å². The maximum atomic E-state index is 13.5. The highest BCUT2D eigenvalue weighted by Gasteiger charge is 2.48. The van der Waals surface area contributed by atoms with E-state index in [1.165, 1.54) is 0 Å². The summed E-state index contributed by atoms with van der Waals surface area (Å²) in [6.07, 6.45) is 4.61. The monoisotopic (exact) mass is 421 g/mol. The lowest BCUT2D eigenvalue weighted by atomic mass is 9.63. The van der Waals surface area contributed by atoms with Crippen LogP contribution in [0.2, 0.25) is 5.02 Å². The SMILES string of the molecule is O=C(N1CCC(c2nc(-c3ccccc3)no2)CC1)C1(c2ccc(Cl)cc2)CCC1. The molecule has 3 aromatic rings. The molecule has 1 aromatic heterocycles. The summed E-state index contributed by atoms with van der Waals surface area (Å²) in [7, 11) is 0. The number of halogens is 1. The molecule has 2 fully saturated rings. The third-order valence-corrected chi connectivity index (χ3v) is 6.87. The molecule has 6 heteroatoms. The van der Waals surface area contributed by atoms with Gasteiger partial charge < -0.3 is 9.42 Å². The van der Waals surface area contributed by atoms with E-state index in [1.807, 2.05) is 59.5 Å². The highest BCUT2D eigenvalue weighted by Crippen LogP contribution is 2.46. The largest absolute Gasteiger partial charge is 0.342 e. The molecule has 0 spiro atoms. The predicted molar refractivity (Wildman–Crippen MR) is 115 cm³/mol. The Bertz CT molecular complexity index is 1020. The third kappa shape index (κ3) is 3.41. The standard InChI is InChI=1S/C24H24ClN3O2/c25-20-9-7-19(8-10-20)24(13-4-14-24)23(29)28-15-11-18(12-16-28)22-26-21(27-30-22)17-5-2-1-3-6-17/h1-3,5-10,18H,4,11-16H2. The van der Waals surface area contributed by atoms with Crippen LogP contribution in [0.3, 0.4) is 0 Å².